The number of hydrogen-bond acceptors (Lipinski definition) is 7. The van der Waals surface area contributed by atoms with Gasteiger partial charge in [0.05, 0.1) is 18.2 Å². The third-order valence-electron chi connectivity index (χ3n) is 6.32. The number of rotatable bonds is 5. The fraction of sp³-hybridized carbons (Fsp3) is 0.900. The van der Waals surface area contributed by atoms with E-state index >= 15 is 0 Å². The van der Waals surface area contributed by atoms with Gasteiger partial charge in [0, 0.05) is 32.1 Å². The third kappa shape index (κ3) is 6.98. The number of aliphatic hydroxyl groups is 1. The number of hydrazine groups is 2. The van der Waals surface area contributed by atoms with E-state index in [1.54, 1.807) is 0 Å². The minimum Gasteiger partial charge on any atom is -0.393 e. The molecule has 2 aliphatic heterocycles. The Labute approximate surface area is 191 Å². The normalized spacial score (nSPS) is 36.4. The second-order valence-corrected chi connectivity index (χ2v) is 9.68. The Morgan fingerprint density at radius 1 is 1.24 bits per heavy atom. The van der Waals surface area contributed by atoms with Gasteiger partial charge in [0.1, 0.15) is 12.2 Å². The molecule has 3 fully saturated rings. The molecule has 33 heavy (non-hydrogen) atoms. The van der Waals surface area contributed by atoms with Crippen LogP contribution in [0.1, 0.15) is 39.5 Å². The van der Waals surface area contributed by atoms with Crippen molar-refractivity contribution in [2.24, 2.45) is 22.7 Å². The van der Waals surface area contributed by atoms with Crippen molar-refractivity contribution >= 4 is 11.9 Å². The number of hydrogen-bond donors (Lipinski definition) is 6. The maximum absolute atomic E-state index is 14.4. The van der Waals surface area contributed by atoms with Gasteiger partial charge in [-0.3, -0.25) is 20.5 Å². The molecule has 0 aromatic rings. The highest BCUT2D eigenvalue weighted by Crippen LogP contribution is 2.32. The summed E-state index contributed by atoms with van der Waals surface area (Å²) in [5.74, 6) is -2.24. The molecule has 3 aliphatic rings. The van der Waals surface area contributed by atoms with Crippen molar-refractivity contribution in [2.75, 3.05) is 20.1 Å². The number of nitrogens with one attached hydrogen (secondary N) is 5. The molecule has 0 aromatic carbocycles. The average molecular weight is 482 g/mol. The standard InChI is InChI=1S/C20H35F4N7O2/c1-10(2)8-25-19(27-18(33)13-9-31(3)30-17(13)20(22,23)24)26-16-7-15(28-29-16)12-6-11(32)4-5-14(12)21/h10-17,28-30,32H,4-9H2,1-3H3,(H2,25,26,27,33). The first kappa shape index (κ1) is 26.1. The van der Waals surface area contributed by atoms with Gasteiger partial charge in [-0.15, -0.1) is 0 Å². The lowest BCUT2D eigenvalue weighted by atomic mass is 9.80. The highest BCUT2D eigenvalue weighted by Gasteiger charge is 2.52. The molecule has 13 heteroatoms. The number of halogens is 4. The smallest absolute Gasteiger partial charge is 0.393 e. The summed E-state index contributed by atoms with van der Waals surface area (Å²) < 4.78 is 54.5. The van der Waals surface area contributed by atoms with Crippen molar-refractivity contribution in [3.05, 3.63) is 0 Å². The number of alkyl halides is 4. The van der Waals surface area contributed by atoms with E-state index < -0.39 is 42.5 Å². The molecule has 2 saturated heterocycles. The van der Waals surface area contributed by atoms with Crippen molar-refractivity contribution in [3.63, 3.8) is 0 Å². The van der Waals surface area contributed by atoms with Crippen LogP contribution < -0.4 is 26.9 Å². The molecule has 2 heterocycles. The molecule has 0 aromatic heterocycles. The summed E-state index contributed by atoms with van der Waals surface area (Å²) in [4.78, 5) is 17.1. The number of aliphatic imine (C=N–C) groups is 1. The zero-order valence-electron chi connectivity index (χ0n) is 19.1. The van der Waals surface area contributed by atoms with Crippen molar-refractivity contribution < 1.29 is 27.5 Å². The average Bonchev–Trinajstić information content (AvgIpc) is 3.34. The zero-order chi connectivity index (χ0) is 24.3. The number of aliphatic hydroxyl groups excluding tert-OH is 1. The summed E-state index contributed by atoms with van der Waals surface area (Å²) in [6.45, 7) is 4.12. The Balaban J connectivity index is 1.63. The zero-order valence-corrected chi connectivity index (χ0v) is 19.1. The van der Waals surface area contributed by atoms with Crippen LogP contribution in [0.15, 0.2) is 4.99 Å². The van der Waals surface area contributed by atoms with Crippen LogP contribution in [0, 0.1) is 17.8 Å². The van der Waals surface area contributed by atoms with Gasteiger partial charge in [0.15, 0.2) is 5.96 Å². The molecular weight excluding hydrogens is 446 g/mol. The molecule has 0 spiro atoms. The summed E-state index contributed by atoms with van der Waals surface area (Å²) in [5, 5.41) is 16.7. The number of guanidine groups is 1. The largest absolute Gasteiger partial charge is 0.405 e. The summed E-state index contributed by atoms with van der Waals surface area (Å²) in [6.07, 6.45) is -4.98. The SMILES string of the molecule is CC(C)CN=C(NC(=O)C1CN(C)NC1C(F)(F)F)NC1CC(C2CC(O)CCC2F)NN1. The number of amides is 1. The maximum Gasteiger partial charge on any atom is 0.405 e. The summed E-state index contributed by atoms with van der Waals surface area (Å²) in [5.41, 5.74) is 8.32. The molecule has 1 aliphatic carbocycles. The summed E-state index contributed by atoms with van der Waals surface area (Å²) in [7, 11) is 1.45. The van der Waals surface area contributed by atoms with Crippen LogP contribution in [0.2, 0.25) is 0 Å². The van der Waals surface area contributed by atoms with Gasteiger partial charge in [-0.25, -0.2) is 20.3 Å². The molecule has 1 saturated carbocycles. The van der Waals surface area contributed by atoms with Crippen LogP contribution in [0.5, 0.6) is 0 Å². The van der Waals surface area contributed by atoms with E-state index in [1.807, 2.05) is 13.8 Å². The quantitative estimate of drug-likeness (QED) is 0.191. The molecule has 7 unspecified atom stereocenters. The van der Waals surface area contributed by atoms with E-state index in [4.69, 9.17) is 0 Å². The van der Waals surface area contributed by atoms with Crippen LogP contribution in [0.4, 0.5) is 17.6 Å². The van der Waals surface area contributed by atoms with Gasteiger partial charge in [0.2, 0.25) is 5.91 Å². The van der Waals surface area contributed by atoms with Gasteiger partial charge >= 0.3 is 6.18 Å². The predicted octanol–water partition coefficient (Wildman–Crippen LogP) is 0.393. The first-order chi connectivity index (χ1) is 15.4. The lowest BCUT2D eigenvalue weighted by Gasteiger charge is -2.33. The second kappa shape index (κ2) is 10.8. The third-order valence-corrected chi connectivity index (χ3v) is 6.32. The molecule has 0 radical (unpaired) electrons. The van der Waals surface area contributed by atoms with E-state index in [0.717, 1.165) is 0 Å². The molecule has 6 N–H and O–H groups in total. The molecule has 7 atom stereocenters. The Morgan fingerprint density at radius 3 is 2.64 bits per heavy atom. The summed E-state index contributed by atoms with van der Waals surface area (Å²) in [6, 6.07) is -2.22. The van der Waals surface area contributed by atoms with Gasteiger partial charge in [-0.1, -0.05) is 13.8 Å². The monoisotopic (exact) mass is 481 g/mol. The molecular formula is C20H35F4N7O2. The van der Waals surface area contributed by atoms with Gasteiger partial charge in [-0.05, 0) is 31.6 Å². The van der Waals surface area contributed by atoms with Crippen LogP contribution >= 0.6 is 0 Å². The second-order valence-electron chi connectivity index (χ2n) is 9.68. The van der Waals surface area contributed by atoms with Gasteiger partial charge in [0.25, 0.3) is 0 Å². The van der Waals surface area contributed by atoms with E-state index in [1.165, 1.54) is 12.1 Å². The van der Waals surface area contributed by atoms with Crippen molar-refractivity contribution in [1.82, 2.24) is 31.9 Å². The van der Waals surface area contributed by atoms with Gasteiger partial charge in [-0.2, -0.15) is 13.2 Å². The highest BCUT2D eigenvalue weighted by molar-refractivity contribution is 5.98. The van der Waals surface area contributed by atoms with Crippen LogP contribution in [-0.2, 0) is 4.79 Å². The van der Waals surface area contributed by atoms with Crippen molar-refractivity contribution in [3.8, 4) is 0 Å². The fourth-order valence-electron chi connectivity index (χ4n) is 4.60. The first-order valence-electron chi connectivity index (χ1n) is 11.4. The van der Waals surface area contributed by atoms with E-state index in [-0.39, 0.29) is 30.4 Å². The molecule has 0 bridgehead atoms. The Hall–Kier alpha value is -1.54. The Kier molecular flexibility index (Phi) is 8.54. The van der Waals surface area contributed by atoms with E-state index in [2.05, 4.69) is 31.9 Å². The van der Waals surface area contributed by atoms with E-state index in [9.17, 15) is 27.5 Å². The summed E-state index contributed by atoms with van der Waals surface area (Å²) >= 11 is 0. The number of carbonyl (C=O) groups excluding carboxylic acids is 1. The number of nitrogens with zero attached hydrogens (tertiary/aromatic N) is 2. The lowest BCUT2D eigenvalue weighted by Crippen LogP contribution is -2.54. The van der Waals surface area contributed by atoms with E-state index in [0.29, 0.717) is 32.2 Å². The molecule has 190 valence electrons. The van der Waals surface area contributed by atoms with Crippen LogP contribution in [0.25, 0.3) is 0 Å². The molecule has 1 amide bonds. The van der Waals surface area contributed by atoms with Crippen LogP contribution in [-0.4, -0.2) is 78.8 Å². The molecule has 9 nitrogen and oxygen atoms in total. The van der Waals surface area contributed by atoms with Crippen molar-refractivity contribution in [1.29, 1.82) is 0 Å². The highest BCUT2D eigenvalue weighted by atomic mass is 19.4. The van der Waals surface area contributed by atoms with Crippen LogP contribution in [0.3, 0.4) is 0 Å². The predicted molar refractivity (Wildman–Crippen MR) is 114 cm³/mol. The van der Waals surface area contributed by atoms with Crippen molar-refractivity contribution in [2.45, 2.75) is 76.2 Å². The van der Waals surface area contributed by atoms with Gasteiger partial charge < -0.3 is 10.4 Å². The topological polar surface area (TPSA) is 113 Å². The molecule has 3 rings (SSSR count). The Bertz CT molecular complexity index is 708. The minimum atomic E-state index is -4.58. The maximum atomic E-state index is 14.4. The Morgan fingerprint density at radius 2 is 1.97 bits per heavy atom. The lowest BCUT2D eigenvalue weighted by molar-refractivity contribution is -0.168. The first-order valence-corrected chi connectivity index (χ1v) is 11.4. The fourth-order valence-corrected chi connectivity index (χ4v) is 4.60. The number of carbonyl (C=O) groups is 1. The minimum absolute atomic E-state index is 0.0737.